The van der Waals surface area contributed by atoms with Gasteiger partial charge >= 0.3 is 11.9 Å². The van der Waals surface area contributed by atoms with Gasteiger partial charge in [-0.05, 0) is 35.6 Å². The van der Waals surface area contributed by atoms with Crippen LogP contribution in [0.15, 0.2) is 67.0 Å². The normalized spacial score (nSPS) is 13.4. The summed E-state index contributed by atoms with van der Waals surface area (Å²) in [5.74, 6) is -1.44. The van der Waals surface area contributed by atoms with Crippen molar-refractivity contribution in [1.82, 2.24) is 25.3 Å². The number of imidazole rings is 1. The lowest BCUT2D eigenvalue weighted by atomic mass is 10.2. The standard InChI is InChI=1S/C28H27ClN6O5/c29-28-33-25-24(30-17-31-25)26(34-28)35(20-11-12-20)14-22(36)32-21(27(38)40-16-19-9-5-2-6-10-19)13-23(37)39-15-18-7-3-1-4-8-18/h1-10,17,20-21H,11-16H2,(H,32,36)(H,30,31,33,34)/t21-/m0/s1. The van der Waals surface area contributed by atoms with Gasteiger partial charge in [-0.2, -0.15) is 9.97 Å². The molecule has 4 aromatic rings. The Labute approximate surface area is 234 Å². The van der Waals surface area contributed by atoms with Crippen molar-refractivity contribution in [2.45, 2.75) is 44.6 Å². The van der Waals surface area contributed by atoms with Crippen molar-refractivity contribution < 1.29 is 23.9 Å². The van der Waals surface area contributed by atoms with Crippen LogP contribution in [0.5, 0.6) is 0 Å². The molecule has 11 nitrogen and oxygen atoms in total. The number of nitrogens with one attached hydrogen (secondary N) is 2. The number of hydrogen-bond acceptors (Lipinski definition) is 9. The summed E-state index contributed by atoms with van der Waals surface area (Å²) in [6.45, 7) is -0.0896. The number of benzene rings is 2. The van der Waals surface area contributed by atoms with Gasteiger partial charge in [0.05, 0.1) is 19.3 Å². The number of fused-ring (bicyclic) bond motifs is 1. The first-order valence-electron chi connectivity index (χ1n) is 12.8. The molecule has 1 aliphatic rings. The van der Waals surface area contributed by atoms with Gasteiger partial charge in [-0.25, -0.2) is 9.78 Å². The number of nitrogens with zero attached hydrogens (tertiary/aromatic N) is 4. The van der Waals surface area contributed by atoms with E-state index in [1.165, 1.54) is 6.33 Å². The van der Waals surface area contributed by atoms with Gasteiger partial charge in [0, 0.05) is 6.04 Å². The molecule has 1 amide bonds. The van der Waals surface area contributed by atoms with Crippen LogP contribution in [0.25, 0.3) is 11.2 Å². The van der Waals surface area contributed by atoms with Crippen LogP contribution < -0.4 is 10.2 Å². The van der Waals surface area contributed by atoms with E-state index in [-0.39, 0.29) is 37.5 Å². The zero-order valence-electron chi connectivity index (χ0n) is 21.5. The zero-order chi connectivity index (χ0) is 27.9. The van der Waals surface area contributed by atoms with Gasteiger partial charge < -0.3 is 24.7 Å². The van der Waals surface area contributed by atoms with Gasteiger partial charge in [-0.3, -0.25) is 9.59 Å². The first-order valence-corrected chi connectivity index (χ1v) is 13.2. The lowest BCUT2D eigenvalue weighted by Gasteiger charge is -2.24. The van der Waals surface area contributed by atoms with Crippen LogP contribution in [0.2, 0.25) is 5.28 Å². The molecule has 5 rings (SSSR count). The first kappa shape index (κ1) is 27.1. The number of H-pyrrole nitrogens is 1. The maximum Gasteiger partial charge on any atom is 0.329 e. The van der Waals surface area contributed by atoms with Gasteiger partial charge in [0.2, 0.25) is 11.2 Å². The Balaban J connectivity index is 1.28. The predicted octanol–water partition coefficient (Wildman–Crippen LogP) is 3.34. The number of hydrogen-bond donors (Lipinski definition) is 2. The Hall–Kier alpha value is -4.51. The molecule has 12 heteroatoms. The third-order valence-corrected chi connectivity index (χ3v) is 6.44. The van der Waals surface area contributed by atoms with Crippen LogP contribution >= 0.6 is 11.6 Å². The molecule has 0 saturated heterocycles. The number of aromatic amines is 1. The summed E-state index contributed by atoms with van der Waals surface area (Å²) in [5, 5.41) is 2.67. The van der Waals surface area contributed by atoms with Crippen molar-refractivity contribution >= 4 is 46.4 Å². The minimum absolute atomic E-state index is 0.00343. The summed E-state index contributed by atoms with van der Waals surface area (Å²) in [4.78, 5) is 56.3. The molecule has 2 N–H and O–H groups in total. The third kappa shape index (κ3) is 7.11. The molecule has 2 heterocycles. The second kappa shape index (κ2) is 12.6. The molecule has 2 aromatic carbocycles. The van der Waals surface area contributed by atoms with Crippen molar-refractivity contribution in [2.24, 2.45) is 0 Å². The number of carbonyl (C=O) groups excluding carboxylic acids is 3. The molecule has 1 aliphatic carbocycles. The average Bonchev–Trinajstić information content (AvgIpc) is 3.70. The van der Waals surface area contributed by atoms with E-state index in [9.17, 15) is 14.4 Å². The number of anilines is 1. The van der Waals surface area contributed by atoms with Crippen molar-refractivity contribution in [3.63, 3.8) is 0 Å². The van der Waals surface area contributed by atoms with E-state index in [0.717, 1.165) is 24.0 Å². The van der Waals surface area contributed by atoms with Crippen LogP contribution in [0, 0.1) is 0 Å². The second-order valence-electron chi connectivity index (χ2n) is 9.34. The van der Waals surface area contributed by atoms with Crippen molar-refractivity contribution in [3.05, 3.63) is 83.4 Å². The van der Waals surface area contributed by atoms with Crippen molar-refractivity contribution in [1.29, 1.82) is 0 Å². The summed E-state index contributed by atoms with van der Waals surface area (Å²) in [6, 6.07) is 17.1. The molecular formula is C28H27ClN6O5. The first-order chi connectivity index (χ1) is 19.5. The van der Waals surface area contributed by atoms with Gasteiger partial charge in [-0.15, -0.1) is 0 Å². The van der Waals surface area contributed by atoms with E-state index < -0.39 is 23.9 Å². The van der Waals surface area contributed by atoms with Gasteiger partial charge in [0.1, 0.15) is 24.8 Å². The second-order valence-corrected chi connectivity index (χ2v) is 9.68. The third-order valence-electron chi connectivity index (χ3n) is 6.27. The summed E-state index contributed by atoms with van der Waals surface area (Å²) >= 11 is 6.11. The molecular weight excluding hydrogens is 536 g/mol. The zero-order valence-corrected chi connectivity index (χ0v) is 22.2. The Morgan fingerprint density at radius 1 is 0.975 bits per heavy atom. The molecule has 1 saturated carbocycles. The molecule has 40 heavy (non-hydrogen) atoms. The van der Waals surface area contributed by atoms with E-state index in [4.69, 9.17) is 21.1 Å². The number of aromatic nitrogens is 4. The molecule has 1 atom stereocenters. The average molecular weight is 563 g/mol. The van der Waals surface area contributed by atoms with Crippen molar-refractivity contribution in [3.8, 4) is 0 Å². The van der Waals surface area contributed by atoms with Crippen LogP contribution in [0.4, 0.5) is 5.82 Å². The van der Waals surface area contributed by atoms with Crippen LogP contribution in [-0.2, 0) is 37.1 Å². The molecule has 1 fully saturated rings. The summed E-state index contributed by atoms with van der Waals surface area (Å²) in [5.41, 5.74) is 2.51. The fourth-order valence-corrected chi connectivity index (χ4v) is 4.30. The number of rotatable bonds is 12. The topological polar surface area (TPSA) is 139 Å². The maximum atomic E-state index is 13.3. The molecule has 0 bridgehead atoms. The highest BCUT2D eigenvalue weighted by Gasteiger charge is 2.35. The minimum Gasteiger partial charge on any atom is -0.461 e. The number of halogens is 1. The quantitative estimate of drug-likeness (QED) is 0.196. The predicted molar refractivity (Wildman–Crippen MR) is 146 cm³/mol. The number of amides is 1. The Kier molecular flexibility index (Phi) is 8.50. The molecule has 206 valence electrons. The van der Waals surface area contributed by atoms with E-state index in [2.05, 4.69) is 25.3 Å². The Bertz CT molecular complexity index is 1480. The van der Waals surface area contributed by atoms with Gasteiger partial charge in [-0.1, -0.05) is 60.7 Å². The minimum atomic E-state index is -1.25. The molecule has 0 aliphatic heterocycles. The Morgan fingerprint density at radius 2 is 1.62 bits per heavy atom. The fourth-order valence-electron chi connectivity index (χ4n) is 4.14. The van der Waals surface area contributed by atoms with E-state index in [1.54, 1.807) is 4.90 Å². The van der Waals surface area contributed by atoms with E-state index >= 15 is 0 Å². The van der Waals surface area contributed by atoms with Crippen molar-refractivity contribution in [2.75, 3.05) is 11.4 Å². The van der Waals surface area contributed by atoms with E-state index in [1.807, 2.05) is 60.7 Å². The highest BCUT2D eigenvalue weighted by Crippen LogP contribution is 2.33. The molecule has 0 unspecified atom stereocenters. The number of ether oxygens (including phenoxy) is 2. The smallest absolute Gasteiger partial charge is 0.329 e. The summed E-state index contributed by atoms with van der Waals surface area (Å²) in [6.07, 6.45) is 2.81. The highest BCUT2D eigenvalue weighted by atomic mass is 35.5. The van der Waals surface area contributed by atoms with E-state index in [0.29, 0.717) is 17.0 Å². The maximum absolute atomic E-state index is 13.3. The van der Waals surface area contributed by atoms with Crippen LogP contribution in [0.3, 0.4) is 0 Å². The lowest BCUT2D eigenvalue weighted by molar-refractivity contribution is -0.155. The summed E-state index contributed by atoms with van der Waals surface area (Å²) < 4.78 is 10.8. The highest BCUT2D eigenvalue weighted by molar-refractivity contribution is 6.28. The van der Waals surface area contributed by atoms with Crippen LogP contribution in [0.1, 0.15) is 30.4 Å². The van der Waals surface area contributed by atoms with Crippen LogP contribution in [-0.4, -0.2) is 56.4 Å². The monoisotopic (exact) mass is 562 g/mol. The number of carbonyl (C=O) groups is 3. The van der Waals surface area contributed by atoms with Gasteiger partial charge in [0.25, 0.3) is 0 Å². The Morgan fingerprint density at radius 3 is 2.27 bits per heavy atom. The molecule has 0 radical (unpaired) electrons. The molecule has 0 spiro atoms. The largest absolute Gasteiger partial charge is 0.461 e. The SMILES string of the molecule is O=C(CN(c1nc(Cl)nc2nc[nH]c12)C1CC1)N[C@@H](CC(=O)OCc1ccccc1)C(=O)OCc1ccccc1. The molecule has 2 aromatic heterocycles. The summed E-state index contributed by atoms with van der Waals surface area (Å²) in [7, 11) is 0. The lowest BCUT2D eigenvalue weighted by Crippen LogP contribution is -2.48. The van der Waals surface area contributed by atoms with Gasteiger partial charge in [0.15, 0.2) is 11.5 Å². The fraction of sp³-hybridized carbons (Fsp3) is 0.286. The number of esters is 2.